The van der Waals surface area contributed by atoms with Crippen LogP contribution in [0.2, 0.25) is 0 Å². The Morgan fingerprint density at radius 3 is 1.56 bits per heavy atom. The number of hydrogen-bond donors (Lipinski definition) is 0. The molecule has 0 atom stereocenters. The molecule has 0 saturated heterocycles. The molecule has 0 aromatic rings. The summed E-state index contributed by atoms with van der Waals surface area (Å²) in [5.74, 6) is -0.312. The van der Waals surface area contributed by atoms with E-state index < -0.39 is 0 Å². The lowest BCUT2D eigenvalue weighted by molar-refractivity contribution is -0.138. The summed E-state index contributed by atoms with van der Waals surface area (Å²) in [4.78, 5) is 12.8. The summed E-state index contributed by atoms with van der Waals surface area (Å²) in [6, 6.07) is 0. The van der Waals surface area contributed by atoms with Crippen molar-refractivity contribution in [2.45, 2.75) is 34.6 Å². The molecule has 0 aliphatic carbocycles. The maximum Gasteiger partial charge on any atom is 0.333 e. The molecule has 0 radical (unpaired) electrons. The zero-order chi connectivity index (χ0) is 12.3. The van der Waals surface area contributed by atoms with Crippen LogP contribution in [-0.4, -0.2) is 37.1 Å². The maximum atomic E-state index is 10.4. The number of carbonyl (C=O) groups is 1. The van der Waals surface area contributed by atoms with Crippen LogP contribution in [0.15, 0.2) is 12.2 Å². The molecule has 4 heteroatoms. The van der Waals surface area contributed by atoms with Crippen LogP contribution >= 0.6 is 12.4 Å². The second-order valence-electron chi connectivity index (χ2n) is 3.12. The van der Waals surface area contributed by atoms with Crippen LogP contribution in [0.25, 0.3) is 0 Å². The van der Waals surface area contributed by atoms with Crippen molar-refractivity contribution in [3.63, 3.8) is 0 Å². The topological polar surface area (TPSA) is 29.5 Å². The van der Waals surface area contributed by atoms with Crippen LogP contribution < -0.4 is 0 Å². The third-order valence-corrected chi connectivity index (χ3v) is 1.97. The highest BCUT2D eigenvalue weighted by atomic mass is 35.5. The molecule has 98 valence electrons. The largest absolute Gasteiger partial charge is 0.463 e. The number of esters is 1. The molecular formula is C12H26ClNO2. The normalized spacial score (nSPS) is 8.62. The van der Waals surface area contributed by atoms with E-state index in [9.17, 15) is 4.79 Å². The first-order valence-corrected chi connectivity index (χ1v) is 5.58. The Labute approximate surface area is 106 Å². The molecule has 0 aliphatic rings. The van der Waals surface area contributed by atoms with Crippen LogP contribution in [0.3, 0.4) is 0 Å². The highest BCUT2D eigenvalue weighted by Gasteiger charge is 1.98. The van der Waals surface area contributed by atoms with Gasteiger partial charge in [0.05, 0.1) is 6.61 Å². The SMILES string of the molecule is C=C(C)C(=O)OCC.CCN(CC)CC.Cl. The Bertz CT molecular complexity index is 174. The Morgan fingerprint density at radius 2 is 1.50 bits per heavy atom. The molecule has 0 rings (SSSR count). The average molecular weight is 252 g/mol. The summed E-state index contributed by atoms with van der Waals surface area (Å²) in [5.41, 5.74) is 0.451. The minimum atomic E-state index is -0.312. The number of carbonyl (C=O) groups excluding carboxylic acids is 1. The molecule has 16 heavy (non-hydrogen) atoms. The van der Waals surface area contributed by atoms with E-state index >= 15 is 0 Å². The summed E-state index contributed by atoms with van der Waals surface area (Å²) in [7, 11) is 0. The highest BCUT2D eigenvalue weighted by molar-refractivity contribution is 5.86. The fourth-order valence-electron chi connectivity index (χ4n) is 0.925. The van der Waals surface area contributed by atoms with Gasteiger partial charge in [-0.25, -0.2) is 4.79 Å². The van der Waals surface area contributed by atoms with E-state index in [-0.39, 0.29) is 18.4 Å². The fraction of sp³-hybridized carbons (Fsp3) is 0.750. The van der Waals surface area contributed by atoms with Gasteiger partial charge in [-0.1, -0.05) is 27.4 Å². The Hall–Kier alpha value is -0.540. The molecule has 0 aliphatic heterocycles. The van der Waals surface area contributed by atoms with Gasteiger partial charge in [0.25, 0.3) is 0 Å². The lowest BCUT2D eigenvalue weighted by Gasteiger charge is -2.13. The summed E-state index contributed by atoms with van der Waals surface area (Å²) in [6.07, 6.45) is 0. The van der Waals surface area contributed by atoms with Gasteiger partial charge in [0.2, 0.25) is 0 Å². The van der Waals surface area contributed by atoms with Gasteiger partial charge in [-0.3, -0.25) is 0 Å². The summed E-state index contributed by atoms with van der Waals surface area (Å²) in [5, 5.41) is 0. The third kappa shape index (κ3) is 13.5. The van der Waals surface area contributed by atoms with Crippen LogP contribution in [-0.2, 0) is 9.53 Å². The quantitative estimate of drug-likeness (QED) is 0.556. The number of hydrogen-bond acceptors (Lipinski definition) is 3. The van der Waals surface area contributed by atoms with Gasteiger partial charge < -0.3 is 9.64 Å². The Balaban J connectivity index is -0.000000200. The van der Waals surface area contributed by atoms with Gasteiger partial charge in [0.15, 0.2) is 0 Å². The van der Waals surface area contributed by atoms with Crippen LogP contribution in [0, 0.1) is 0 Å². The predicted molar refractivity (Wildman–Crippen MR) is 72.2 cm³/mol. The van der Waals surface area contributed by atoms with E-state index in [1.54, 1.807) is 13.8 Å². The zero-order valence-electron chi connectivity index (χ0n) is 11.2. The van der Waals surface area contributed by atoms with E-state index in [0.29, 0.717) is 12.2 Å². The molecule has 0 heterocycles. The molecule has 0 amide bonds. The van der Waals surface area contributed by atoms with Crippen LogP contribution in [0.1, 0.15) is 34.6 Å². The Kier molecular flexibility index (Phi) is 18.8. The first-order valence-electron chi connectivity index (χ1n) is 5.58. The van der Waals surface area contributed by atoms with Crippen LogP contribution in [0.4, 0.5) is 0 Å². The van der Waals surface area contributed by atoms with E-state index in [4.69, 9.17) is 0 Å². The number of ether oxygens (including phenoxy) is 1. The highest BCUT2D eigenvalue weighted by Crippen LogP contribution is 1.89. The van der Waals surface area contributed by atoms with Gasteiger partial charge >= 0.3 is 5.97 Å². The minimum Gasteiger partial charge on any atom is -0.463 e. The van der Waals surface area contributed by atoms with E-state index in [1.165, 1.54) is 19.6 Å². The van der Waals surface area contributed by atoms with Gasteiger partial charge in [-0.05, 0) is 33.5 Å². The van der Waals surface area contributed by atoms with E-state index in [2.05, 4.69) is 37.0 Å². The molecule has 0 fully saturated rings. The maximum absolute atomic E-state index is 10.4. The molecule has 0 spiro atoms. The van der Waals surface area contributed by atoms with Crippen molar-refractivity contribution in [3.8, 4) is 0 Å². The predicted octanol–water partition coefficient (Wildman–Crippen LogP) is 2.90. The lowest BCUT2D eigenvalue weighted by Crippen LogP contribution is -2.21. The molecule has 0 aromatic heterocycles. The van der Waals surface area contributed by atoms with Crippen LogP contribution in [0.5, 0.6) is 0 Å². The summed E-state index contributed by atoms with van der Waals surface area (Å²) >= 11 is 0. The Morgan fingerprint density at radius 1 is 1.12 bits per heavy atom. The molecule has 0 aromatic carbocycles. The first-order chi connectivity index (χ1) is 7.03. The second kappa shape index (κ2) is 14.5. The van der Waals surface area contributed by atoms with E-state index in [0.717, 1.165) is 0 Å². The smallest absolute Gasteiger partial charge is 0.333 e. The molecule has 0 N–H and O–H groups in total. The summed E-state index contributed by atoms with van der Waals surface area (Å²) in [6.45, 7) is 17.3. The molecule has 0 saturated carbocycles. The zero-order valence-corrected chi connectivity index (χ0v) is 12.0. The van der Waals surface area contributed by atoms with Crippen molar-refractivity contribution in [2.24, 2.45) is 0 Å². The van der Waals surface area contributed by atoms with Crippen molar-refractivity contribution < 1.29 is 9.53 Å². The second-order valence-corrected chi connectivity index (χ2v) is 3.12. The van der Waals surface area contributed by atoms with Crippen molar-refractivity contribution in [2.75, 3.05) is 26.2 Å². The first kappa shape index (κ1) is 20.8. The fourth-order valence-corrected chi connectivity index (χ4v) is 0.925. The van der Waals surface area contributed by atoms with Crippen molar-refractivity contribution in [1.82, 2.24) is 4.90 Å². The van der Waals surface area contributed by atoms with E-state index in [1.807, 2.05) is 0 Å². The van der Waals surface area contributed by atoms with Gasteiger partial charge in [-0.15, -0.1) is 12.4 Å². The molecule has 3 nitrogen and oxygen atoms in total. The van der Waals surface area contributed by atoms with Crippen molar-refractivity contribution in [3.05, 3.63) is 12.2 Å². The van der Waals surface area contributed by atoms with Gasteiger partial charge in [0.1, 0.15) is 0 Å². The number of halogens is 1. The van der Waals surface area contributed by atoms with Crippen molar-refractivity contribution in [1.29, 1.82) is 0 Å². The van der Waals surface area contributed by atoms with Crippen molar-refractivity contribution >= 4 is 18.4 Å². The molecular weight excluding hydrogens is 226 g/mol. The third-order valence-electron chi connectivity index (χ3n) is 1.97. The number of rotatable bonds is 5. The standard InChI is InChI=1S/C6H15N.C6H10O2.ClH/c1-4-7(5-2)6-3;1-4-8-6(7)5(2)3;/h4-6H2,1-3H3;2,4H2,1,3H3;1H. The number of nitrogens with zero attached hydrogens (tertiary/aromatic N) is 1. The lowest BCUT2D eigenvalue weighted by atomic mass is 10.4. The molecule has 0 bridgehead atoms. The van der Waals surface area contributed by atoms with Gasteiger partial charge in [-0.2, -0.15) is 0 Å². The monoisotopic (exact) mass is 251 g/mol. The van der Waals surface area contributed by atoms with Gasteiger partial charge in [0, 0.05) is 5.57 Å². The average Bonchev–Trinajstić information content (AvgIpc) is 2.21. The minimum absolute atomic E-state index is 0. The summed E-state index contributed by atoms with van der Waals surface area (Å²) < 4.78 is 4.56. The molecule has 0 unspecified atom stereocenters.